The molecule has 0 radical (unpaired) electrons. The zero-order chi connectivity index (χ0) is 12.3. The third kappa shape index (κ3) is 2.77. The van der Waals surface area contributed by atoms with Crippen LogP contribution in [0.2, 0.25) is 0 Å². The Bertz CT molecular complexity index is 318. The van der Waals surface area contributed by atoms with Crippen molar-refractivity contribution in [1.29, 1.82) is 0 Å². The minimum atomic E-state index is -0.418. The van der Waals surface area contributed by atoms with Gasteiger partial charge in [0.2, 0.25) is 17.7 Å². The fraction of sp³-hybridized carbons (Fsp3) is 0.667. The van der Waals surface area contributed by atoms with E-state index in [9.17, 15) is 14.4 Å². The van der Waals surface area contributed by atoms with E-state index in [0.29, 0.717) is 0 Å². The van der Waals surface area contributed by atoms with Gasteiger partial charge >= 0.3 is 0 Å². The molecule has 4 N–H and O–H groups in total. The van der Waals surface area contributed by atoms with Crippen LogP contribution < -0.4 is 16.6 Å². The number of hydrogen-bond acceptors (Lipinski definition) is 5. The van der Waals surface area contributed by atoms with Gasteiger partial charge in [-0.05, 0) is 13.8 Å². The first-order valence-corrected chi connectivity index (χ1v) is 5.04. The number of rotatable bonds is 3. The van der Waals surface area contributed by atoms with E-state index in [4.69, 9.17) is 5.84 Å². The molecule has 90 valence electrons. The highest BCUT2D eigenvalue weighted by atomic mass is 16.2. The van der Waals surface area contributed by atoms with Crippen LogP contribution in [0.5, 0.6) is 0 Å². The molecule has 1 heterocycles. The van der Waals surface area contributed by atoms with Crippen molar-refractivity contribution in [2.24, 2.45) is 5.84 Å². The molecule has 0 aromatic carbocycles. The molecule has 0 spiro atoms. The zero-order valence-corrected chi connectivity index (χ0v) is 9.32. The van der Waals surface area contributed by atoms with Crippen molar-refractivity contribution < 1.29 is 14.4 Å². The molecular weight excluding hydrogens is 212 g/mol. The first-order chi connectivity index (χ1) is 7.45. The van der Waals surface area contributed by atoms with Crippen LogP contribution in [-0.2, 0) is 14.4 Å². The largest absolute Gasteiger partial charge is 0.294 e. The fourth-order valence-electron chi connectivity index (χ4n) is 1.72. The van der Waals surface area contributed by atoms with Crippen molar-refractivity contribution in [2.45, 2.75) is 32.4 Å². The van der Waals surface area contributed by atoms with Gasteiger partial charge in [-0.15, -0.1) is 0 Å². The number of nitrogens with two attached hydrogens (primary N) is 1. The maximum absolute atomic E-state index is 11.4. The molecule has 1 rings (SSSR count). The van der Waals surface area contributed by atoms with Crippen LogP contribution in [0.1, 0.15) is 20.3 Å². The molecule has 1 aliphatic heterocycles. The minimum absolute atomic E-state index is 0.117. The quantitative estimate of drug-likeness (QED) is 0.226. The molecule has 0 aromatic rings. The van der Waals surface area contributed by atoms with Crippen LogP contribution in [0.25, 0.3) is 0 Å². The molecular formula is C9H16N4O3. The second kappa shape index (κ2) is 5.04. The van der Waals surface area contributed by atoms with Gasteiger partial charge in [-0.3, -0.25) is 30.0 Å². The molecule has 7 heteroatoms. The topological polar surface area (TPSA) is 105 Å². The Balaban J connectivity index is 2.66. The average molecular weight is 228 g/mol. The van der Waals surface area contributed by atoms with E-state index in [-0.39, 0.29) is 36.7 Å². The predicted octanol–water partition coefficient (Wildman–Crippen LogP) is -1.90. The van der Waals surface area contributed by atoms with Gasteiger partial charge in [-0.25, -0.2) is 5.84 Å². The van der Waals surface area contributed by atoms with Crippen LogP contribution in [0.15, 0.2) is 0 Å². The lowest BCUT2D eigenvalue weighted by atomic mass is 10.1. The number of hydrazine groups is 1. The summed E-state index contributed by atoms with van der Waals surface area (Å²) in [5, 5.41) is 2.24. The van der Waals surface area contributed by atoms with E-state index in [1.54, 1.807) is 18.7 Å². The van der Waals surface area contributed by atoms with E-state index < -0.39 is 6.04 Å². The highest BCUT2D eigenvalue weighted by Gasteiger charge is 2.33. The molecule has 2 atom stereocenters. The second-order valence-corrected chi connectivity index (χ2v) is 3.88. The van der Waals surface area contributed by atoms with Gasteiger partial charge in [0.25, 0.3) is 0 Å². The van der Waals surface area contributed by atoms with Gasteiger partial charge < -0.3 is 0 Å². The molecule has 1 saturated heterocycles. The monoisotopic (exact) mass is 228 g/mol. The maximum atomic E-state index is 11.4. The number of piperazine rings is 1. The SMILES string of the molecule is CC(CC(=O)NN)N1CC(=O)NC(=O)C1C. The molecule has 16 heavy (non-hydrogen) atoms. The standard InChI is InChI=1S/C9H16N4O3/c1-5(3-7(14)12-10)13-4-8(15)11-9(16)6(13)2/h5-6H,3-4,10H2,1-2H3,(H,12,14)(H,11,15,16). The van der Waals surface area contributed by atoms with Crippen molar-refractivity contribution in [2.75, 3.05) is 6.54 Å². The summed E-state index contributed by atoms with van der Waals surface area (Å²) in [5.41, 5.74) is 2.02. The summed E-state index contributed by atoms with van der Waals surface area (Å²) >= 11 is 0. The average Bonchev–Trinajstić information content (AvgIpc) is 2.22. The summed E-state index contributed by atoms with van der Waals surface area (Å²) in [6, 6.07) is -0.633. The van der Waals surface area contributed by atoms with Crippen molar-refractivity contribution >= 4 is 17.7 Å². The summed E-state index contributed by atoms with van der Waals surface area (Å²) < 4.78 is 0. The lowest BCUT2D eigenvalue weighted by Crippen LogP contribution is -2.59. The van der Waals surface area contributed by atoms with Gasteiger partial charge in [-0.2, -0.15) is 0 Å². The van der Waals surface area contributed by atoms with E-state index in [1.807, 2.05) is 5.43 Å². The summed E-state index contributed by atoms with van der Waals surface area (Å²) in [4.78, 5) is 35.3. The van der Waals surface area contributed by atoms with Gasteiger partial charge in [0.15, 0.2) is 0 Å². The minimum Gasteiger partial charge on any atom is -0.294 e. The van der Waals surface area contributed by atoms with Gasteiger partial charge in [0.05, 0.1) is 12.6 Å². The molecule has 7 nitrogen and oxygen atoms in total. The van der Waals surface area contributed by atoms with Crippen LogP contribution in [-0.4, -0.2) is 41.2 Å². The lowest BCUT2D eigenvalue weighted by Gasteiger charge is -2.35. The third-order valence-corrected chi connectivity index (χ3v) is 2.67. The Morgan fingerprint density at radius 2 is 2.31 bits per heavy atom. The molecule has 0 aliphatic carbocycles. The van der Waals surface area contributed by atoms with E-state index in [2.05, 4.69) is 5.32 Å². The fourth-order valence-corrected chi connectivity index (χ4v) is 1.72. The molecule has 1 aliphatic rings. The lowest BCUT2D eigenvalue weighted by molar-refractivity contribution is -0.142. The van der Waals surface area contributed by atoms with Crippen LogP contribution in [0.3, 0.4) is 0 Å². The molecule has 0 bridgehead atoms. The second-order valence-electron chi connectivity index (χ2n) is 3.88. The smallest absolute Gasteiger partial charge is 0.243 e. The van der Waals surface area contributed by atoms with Gasteiger partial charge in [-0.1, -0.05) is 0 Å². The molecule has 0 aromatic heterocycles. The Morgan fingerprint density at radius 1 is 1.69 bits per heavy atom. The summed E-state index contributed by atoms with van der Waals surface area (Å²) in [6.45, 7) is 3.59. The highest BCUT2D eigenvalue weighted by Crippen LogP contribution is 2.12. The van der Waals surface area contributed by atoms with E-state index in [0.717, 1.165) is 0 Å². The normalized spacial score (nSPS) is 23.8. The maximum Gasteiger partial charge on any atom is 0.243 e. The molecule has 1 fully saturated rings. The van der Waals surface area contributed by atoms with E-state index >= 15 is 0 Å². The van der Waals surface area contributed by atoms with Gasteiger partial charge in [0.1, 0.15) is 0 Å². The van der Waals surface area contributed by atoms with E-state index in [1.165, 1.54) is 0 Å². The summed E-state index contributed by atoms with van der Waals surface area (Å²) in [7, 11) is 0. The first-order valence-electron chi connectivity index (χ1n) is 5.04. The van der Waals surface area contributed by atoms with Crippen LogP contribution in [0.4, 0.5) is 0 Å². The van der Waals surface area contributed by atoms with Crippen LogP contribution >= 0.6 is 0 Å². The molecule has 2 unspecified atom stereocenters. The Morgan fingerprint density at radius 3 is 2.88 bits per heavy atom. The summed E-state index contributed by atoms with van der Waals surface area (Å²) in [5.74, 6) is 3.97. The Kier molecular flexibility index (Phi) is 3.97. The number of nitrogens with one attached hydrogen (secondary N) is 2. The first kappa shape index (κ1) is 12.6. The number of nitrogens with zero attached hydrogens (tertiary/aromatic N) is 1. The number of carbonyl (C=O) groups is 3. The van der Waals surface area contributed by atoms with Crippen molar-refractivity contribution in [1.82, 2.24) is 15.6 Å². The third-order valence-electron chi connectivity index (χ3n) is 2.67. The van der Waals surface area contributed by atoms with Crippen molar-refractivity contribution in [3.63, 3.8) is 0 Å². The number of hydrogen-bond donors (Lipinski definition) is 3. The van der Waals surface area contributed by atoms with Crippen molar-refractivity contribution in [3.8, 4) is 0 Å². The van der Waals surface area contributed by atoms with Crippen molar-refractivity contribution in [3.05, 3.63) is 0 Å². The highest BCUT2D eigenvalue weighted by molar-refractivity contribution is 6.00. The van der Waals surface area contributed by atoms with Crippen LogP contribution in [0, 0.1) is 0 Å². The number of amides is 3. The summed E-state index contributed by atoms with van der Waals surface area (Å²) in [6.07, 6.45) is 0.154. The number of carbonyl (C=O) groups excluding carboxylic acids is 3. The molecule has 3 amide bonds. The molecule has 0 saturated carbocycles. The Hall–Kier alpha value is -1.47. The van der Waals surface area contributed by atoms with Gasteiger partial charge in [0, 0.05) is 12.5 Å². The number of imide groups is 1. The Labute approximate surface area is 93.3 Å². The predicted molar refractivity (Wildman–Crippen MR) is 55.7 cm³/mol. The zero-order valence-electron chi connectivity index (χ0n) is 9.32.